The average Bonchev–Trinajstić information content (AvgIpc) is 2.38. The van der Waals surface area contributed by atoms with E-state index in [0.29, 0.717) is 17.1 Å². The molecule has 3 N–H and O–H groups in total. The van der Waals surface area contributed by atoms with Crippen molar-refractivity contribution in [3.8, 4) is 11.5 Å². The van der Waals surface area contributed by atoms with Gasteiger partial charge in [0.1, 0.15) is 11.6 Å². The minimum absolute atomic E-state index is 0.129. The van der Waals surface area contributed by atoms with Crippen molar-refractivity contribution in [2.24, 2.45) is 5.73 Å². The van der Waals surface area contributed by atoms with Crippen LogP contribution in [0, 0.1) is 5.41 Å². The summed E-state index contributed by atoms with van der Waals surface area (Å²) in [6, 6.07) is 7.55. The Morgan fingerprint density at radius 3 is 2.45 bits per heavy atom. The second kappa shape index (κ2) is 5.30. The van der Waals surface area contributed by atoms with Crippen LogP contribution in [-0.2, 0) is 9.84 Å². The lowest BCUT2D eigenvalue weighted by molar-refractivity contribution is 0.478. The number of sulfone groups is 1. The van der Waals surface area contributed by atoms with E-state index in [4.69, 9.17) is 15.9 Å². The first-order chi connectivity index (χ1) is 9.38. The van der Waals surface area contributed by atoms with E-state index in [2.05, 4.69) is 4.98 Å². The summed E-state index contributed by atoms with van der Waals surface area (Å²) in [5.41, 5.74) is 5.87. The molecule has 2 rings (SSSR count). The van der Waals surface area contributed by atoms with Crippen LogP contribution in [0.1, 0.15) is 5.56 Å². The molecule has 0 aliphatic heterocycles. The average molecular weight is 291 g/mol. The fourth-order valence-corrected chi connectivity index (χ4v) is 2.20. The van der Waals surface area contributed by atoms with Crippen LogP contribution < -0.4 is 10.5 Å². The fraction of sp³-hybridized carbons (Fsp3) is 0.0769. The van der Waals surface area contributed by atoms with Gasteiger partial charge in [-0.1, -0.05) is 0 Å². The molecule has 6 nitrogen and oxygen atoms in total. The zero-order valence-corrected chi connectivity index (χ0v) is 11.5. The molecule has 104 valence electrons. The predicted molar refractivity (Wildman–Crippen MR) is 74.9 cm³/mol. The summed E-state index contributed by atoms with van der Waals surface area (Å²) in [7, 11) is -3.24. The van der Waals surface area contributed by atoms with Gasteiger partial charge in [-0.05, 0) is 30.3 Å². The smallest absolute Gasteiger partial charge is 0.175 e. The first kappa shape index (κ1) is 14.0. The van der Waals surface area contributed by atoms with Gasteiger partial charge in [0.2, 0.25) is 0 Å². The lowest BCUT2D eigenvalue weighted by atomic mass is 10.2. The predicted octanol–water partition coefficient (Wildman–Crippen LogP) is 1.56. The first-order valence-electron chi connectivity index (χ1n) is 5.64. The molecule has 0 aliphatic rings. The van der Waals surface area contributed by atoms with E-state index >= 15 is 0 Å². The minimum Gasteiger partial charge on any atom is -0.455 e. The van der Waals surface area contributed by atoms with Crippen molar-refractivity contribution in [1.82, 2.24) is 4.98 Å². The Morgan fingerprint density at radius 1 is 1.25 bits per heavy atom. The van der Waals surface area contributed by atoms with E-state index in [-0.39, 0.29) is 10.7 Å². The van der Waals surface area contributed by atoms with E-state index in [1.54, 1.807) is 6.07 Å². The highest BCUT2D eigenvalue weighted by atomic mass is 32.2. The van der Waals surface area contributed by atoms with Gasteiger partial charge in [0.15, 0.2) is 15.6 Å². The van der Waals surface area contributed by atoms with Gasteiger partial charge in [0.05, 0.1) is 16.7 Å². The molecule has 0 spiro atoms. The molecule has 1 aromatic carbocycles. The van der Waals surface area contributed by atoms with Crippen molar-refractivity contribution in [2.45, 2.75) is 4.90 Å². The highest BCUT2D eigenvalue weighted by Gasteiger charge is 2.09. The number of nitrogen functional groups attached to an aromatic ring is 1. The maximum atomic E-state index is 11.4. The number of rotatable bonds is 4. The van der Waals surface area contributed by atoms with Crippen molar-refractivity contribution >= 4 is 15.7 Å². The molecule has 0 aliphatic carbocycles. The quantitative estimate of drug-likeness (QED) is 0.656. The van der Waals surface area contributed by atoms with Gasteiger partial charge in [-0.3, -0.25) is 10.4 Å². The molecule has 0 bridgehead atoms. The Kier molecular flexibility index (Phi) is 3.71. The molecule has 1 aromatic heterocycles. The second-order valence-corrected chi connectivity index (χ2v) is 6.15. The molecule has 2 aromatic rings. The normalized spacial score (nSPS) is 11.1. The Bertz CT molecular complexity index is 740. The Balaban J connectivity index is 2.30. The summed E-state index contributed by atoms with van der Waals surface area (Å²) in [5.74, 6) is 0.648. The number of nitrogens with one attached hydrogen (secondary N) is 1. The van der Waals surface area contributed by atoms with E-state index in [1.165, 1.54) is 36.7 Å². The van der Waals surface area contributed by atoms with Crippen molar-refractivity contribution in [3.63, 3.8) is 0 Å². The summed E-state index contributed by atoms with van der Waals surface area (Å²) in [6.45, 7) is 0. The van der Waals surface area contributed by atoms with Crippen molar-refractivity contribution in [3.05, 3.63) is 48.3 Å². The molecule has 20 heavy (non-hydrogen) atoms. The van der Waals surface area contributed by atoms with Gasteiger partial charge in [0.25, 0.3) is 0 Å². The number of hydrogen-bond acceptors (Lipinski definition) is 5. The largest absolute Gasteiger partial charge is 0.455 e. The Morgan fingerprint density at radius 2 is 1.90 bits per heavy atom. The number of amidine groups is 1. The monoisotopic (exact) mass is 291 g/mol. The summed E-state index contributed by atoms with van der Waals surface area (Å²) < 4.78 is 28.3. The van der Waals surface area contributed by atoms with Gasteiger partial charge >= 0.3 is 0 Å². The Hall–Kier alpha value is -2.41. The lowest BCUT2D eigenvalue weighted by Gasteiger charge is -2.09. The van der Waals surface area contributed by atoms with Crippen LogP contribution in [0.3, 0.4) is 0 Å². The summed E-state index contributed by atoms with van der Waals surface area (Å²) in [6.07, 6.45) is 4.09. The number of hydrogen-bond donors (Lipinski definition) is 2. The van der Waals surface area contributed by atoms with E-state index in [9.17, 15) is 8.42 Å². The third-order valence-corrected chi connectivity index (χ3v) is 3.68. The highest BCUT2D eigenvalue weighted by molar-refractivity contribution is 7.90. The van der Waals surface area contributed by atoms with Crippen LogP contribution in [0.5, 0.6) is 11.5 Å². The topological polar surface area (TPSA) is 106 Å². The second-order valence-electron chi connectivity index (χ2n) is 4.13. The number of pyridine rings is 1. The molecule has 0 saturated carbocycles. The van der Waals surface area contributed by atoms with E-state index in [0.717, 1.165) is 6.26 Å². The van der Waals surface area contributed by atoms with Crippen molar-refractivity contribution < 1.29 is 13.2 Å². The SMILES string of the molecule is CS(=O)(=O)c1ccc(Oc2cnccc2C(=N)N)cc1. The fourth-order valence-electron chi connectivity index (χ4n) is 1.57. The standard InChI is InChI=1S/C13H13N3O3S/c1-20(17,18)10-4-2-9(3-5-10)19-12-8-16-7-6-11(12)13(14)15/h2-8H,1H3,(H3,14,15). The molecule has 0 atom stereocenters. The molecule has 7 heteroatoms. The molecule has 1 heterocycles. The molecule has 0 saturated heterocycles. The molecule has 0 amide bonds. The van der Waals surface area contributed by atoms with Gasteiger partial charge in [0, 0.05) is 12.5 Å². The van der Waals surface area contributed by atoms with Crippen molar-refractivity contribution in [1.29, 1.82) is 5.41 Å². The summed E-state index contributed by atoms with van der Waals surface area (Å²) in [4.78, 5) is 4.12. The summed E-state index contributed by atoms with van der Waals surface area (Å²) in [5, 5.41) is 7.45. The van der Waals surface area contributed by atoms with Crippen LogP contribution >= 0.6 is 0 Å². The van der Waals surface area contributed by atoms with Gasteiger partial charge in [-0.25, -0.2) is 8.42 Å². The molecular formula is C13H13N3O3S. The van der Waals surface area contributed by atoms with Crippen LogP contribution in [-0.4, -0.2) is 25.5 Å². The molecule has 0 fully saturated rings. The Labute approximate surface area is 116 Å². The van der Waals surface area contributed by atoms with Crippen LogP contribution in [0.25, 0.3) is 0 Å². The zero-order valence-electron chi connectivity index (χ0n) is 10.7. The maximum Gasteiger partial charge on any atom is 0.175 e. The minimum atomic E-state index is -3.24. The van der Waals surface area contributed by atoms with Gasteiger partial charge in [-0.15, -0.1) is 0 Å². The number of benzene rings is 1. The van der Waals surface area contributed by atoms with Crippen molar-refractivity contribution in [2.75, 3.05) is 6.26 Å². The number of ether oxygens (including phenoxy) is 1. The van der Waals surface area contributed by atoms with Gasteiger partial charge < -0.3 is 10.5 Å². The summed E-state index contributed by atoms with van der Waals surface area (Å²) >= 11 is 0. The van der Waals surface area contributed by atoms with Crippen LogP contribution in [0.2, 0.25) is 0 Å². The molecule has 0 radical (unpaired) electrons. The molecule has 0 unspecified atom stereocenters. The van der Waals surface area contributed by atoms with Crippen LogP contribution in [0.4, 0.5) is 0 Å². The number of nitrogens with zero attached hydrogens (tertiary/aromatic N) is 1. The molecular weight excluding hydrogens is 278 g/mol. The van der Waals surface area contributed by atoms with E-state index in [1.807, 2.05) is 0 Å². The number of nitrogens with two attached hydrogens (primary N) is 1. The lowest BCUT2D eigenvalue weighted by Crippen LogP contribution is -2.12. The van der Waals surface area contributed by atoms with Gasteiger partial charge in [-0.2, -0.15) is 0 Å². The highest BCUT2D eigenvalue weighted by Crippen LogP contribution is 2.25. The number of aromatic nitrogens is 1. The maximum absolute atomic E-state index is 11.4. The van der Waals surface area contributed by atoms with Crippen LogP contribution in [0.15, 0.2) is 47.6 Å². The van der Waals surface area contributed by atoms with E-state index < -0.39 is 9.84 Å². The first-order valence-corrected chi connectivity index (χ1v) is 7.53. The zero-order chi connectivity index (χ0) is 14.8. The third kappa shape index (κ3) is 3.12. The third-order valence-electron chi connectivity index (χ3n) is 2.55.